The number of allylic oxidation sites excluding steroid dienone is 1. The number of aromatic nitrogens is 3. The van der Waals surface area contributed by atoms with E-state index in [-0.39, 0.29) is 0 Å². The molecule has 0 bridgehead atoms. The Kier molecular flexibility index (Phi) is 4.04. The first-order valence-corrected chi connectivity index (χ1v) is 6.86. The molecule has 0 radical (unpaired) electrons. The van der Waals surface area contributed by atoms with Crippen molar-refractivity contribution < 1.29 is 0 Å². The van der Waals surface area contributed by atoms with Crippen molar-refractivity contribution in [1.29, 1.82) is 0 Å². The summed E-state index contributed by atoms with van der Waals surface area (Å²) >= 11 is 1.89. The maximum absolute atomic E-state index is 4.26. The standard InChI is InChI=1S/C12H19N3S/c1-3-9-15-10(2)13-14-12(15)16-11-7-5-4-6-8-11/h3,11H,1,4-9H2,2H3. The molecule has 0 aliphatic heterocycles. The summed E-state index contributed by atoms with van der Waals surface area (Å²) < 4.78 is 2.15. The highest BCUT2D eigenvalue weighted by Crippen LogP contribution is 2.32. The number of aryl methyl sites for hydroxylation is 1. The molecule has 0 aromatic carbocycles. The third kappa shape index (κ3) is 2.67. The lowest BCUT2D eigenvalue weighted by molar-refractivity contribution is 0.514. The van der Waals surface area contributed by atoms with Crippen LogP contribution in [0.5, 0.6) is 0 Å². The Hall–Kier alpha value is -0.770. The van der Waals surface area contributed by atoms with E-state index in [0.29, 0.717) is 0 Å². The minimum absolute atomic E-state index is 0.737. The molecule has 0 atom stereocenters. The van der Waals surface area contributed by atoms with Gasteiger partial charge in [-0.3, -0.25) is 0 Å². The first-order valence-electron chi connectivity index (χ1n) is 5.98. The molecular weight excluding hydrogens is 218 g/mol. The lowest BCUT2D eigenvalue weighted by Gasteiger charge is -2.20. The predicted molar refractivity (Wildman–Crippen MR) is 67.7 cm³/mol. The summed E-state index contributed by atoms with van der Waals surface area (Å²) in [4.78, 5) is 0. The topological polar surface area (TPSA) is 30.7 Å². The number of hydrogen-bond donors (Lipinski definition) is 0. The molecule has 16 heavy (non-hydrogen) atoms. The zero-order valence-electron chi connectivity index (χ0n) is 9.85. The van der Waals surface area contributed by atoms with Crippen molar-refractivity contribution >= 4 is 11.8 Å². The average Bonchev–Trinajstić information content (AvgIpc) is 2.64. The Balaban J connectivity index is 2.04. The molecule has 88 valence electrons. The molecule has 1 saturated carbocycles. The molecule has 0 saturated heterocycles. The summed E-state index contributed by atoms with van der Waals surface area (Å²) in [6.07, 6.45) is 8.69. The zero-order chi connectivity index (χ0) is 11.4. The van der Waals surface area contributed by atoms with Crippen LogP contribution in [-0.2, 0) is 6.54 Å². The van der Waals surface area contributed by atoms with Crippen molar-refractivity contribution in [3.05, 3.63) is 18.5 Å². The van der Waals surface area contributed by atoms with Crippen LogP contribution < -0.4 is 0 Å². The predicted octanol–water partition coefficient (Wildman–Crippen LogP) is 3.20. The van der Waals surface area contributed by atoms with E-state index < -0.39 is 0 Å². The van der Waals surface area contributed by atoms with E-state index in [1.54, 1.807) is 0 Å². The molecule has 1 heterocycles. The second-order valence-electron chi connectivity index (χ2n) is 4.31. The molecule has 0 amide bonds. The summed E-state index contributed by atoms with van der Waals surface area (Å²) in [5.41, 5.74) is 0. The van der Waals surface area contributed by atoms with Gasteiger partial charge < -0.3 is 4.57 Å². The van der Waals surface area contributed by atoms with Gasteiger partial charge in [0.25, 0.3) is 0 Å². The highest BCUT2D eigenvalue weighted by Gasteiger charge is 2.18. The largest absolute Gasteiger partial charge is 0.302 e. The van der Waals surface area contributed by atoms with Crippen LogP contribution in [0.2, 0.25) is 0 Å². The molecule has 1 aromatic rings. The van der Waals surface area contributed by atoms with Gasteiger partial charge in [-0.15, -0.1) is 16.8 Å². The van der Waals surface area contributed by atoms with Crippen molar-refractivity contribution in [1.82, 2.24) is 14.8 Å². The van der Waals surface area contributed by atoms with Crippen LogP contribution in [0.1, 0.15) is 37.9 Å². The highest BCUT2D eigenvalue weighted by molar-refractivity contribution is 7.99. The molecule has 0 unspecified atom stereocenters. The number of hydrogen-bond acceptors (Lipinski definition) is 3. The molecule has 0 spiro atoms. The van der Waals surface area contributed by atoms with E-state index in [9.17, 15) is 0 Å². The summed E-state index contributed by atoms with van der Waals surface area (Å²) in [5, 5.41) is 10.2. The Morgan fingerprint density at radius 2 is 2.12 bits per heavy atom. The summed E-state index contributed by atoms with van der Waals surface area (Å²) in [5.74, 6) is 0.984. The van der Waals surface area contributed by atoms with Crippen LogP contribution >= 0.6 is 11.8 Å². The van der Waals surface area contributed by atoms with Gasteiger partial charge in [-0.25, -0.2) is 0 Å². The lowest BCUT2D eigenvalue weighted by atomic mass is 10.0. The van der Waals surface area contributed by atoms with Crippen LogP contribution in [0, 0.1) is 6.92 Å². The summed E-state index contributed by atoms with van der Waals surface area (Å²) in [6, 6.07) is 0. The van der Waals surface area contributed by atoms with Crippen molar-refractivity contribution in [2.24, 2.45) is 0 Å². The Morgan fingerprint density at radius 3 is 2.81 bits per heavy atom. The van der Waals surface area contributed by atoms with Crippen molar-refractivity contribution in [3.8, 4) is 0 Å². The smallest absolute Gasteiger partial charge is 0.191 e. The molecule has 3 nitrogen and oxygen atoms in total. The second-order valence-corrected chi connectivity index (χ2v) is 5.57. The van der Waals surface area contributed by atoms with E-state index >= 15 is 0 Å². The van der Waals surface area contributed by atoms with Gasteiger partial charge in [-0.1, -0.05) is 37.1 Å². The lowest BCUT2D eigenvalue weighted by Crippen LogP contribution is -2.10. The Bertz CT molecular complexity index is 353. The first kappa shape index (κ1) is 11.7. The zero-order valence-corrected chi connectivity index (χ0v) is 10.7. The van der Waals surface area contributed by atoms with Crippen LogP contribution in [0.4, 0.5) is 0 Å². The van der Waals surface area contributed by atoms with E-state index in [1.807, 2.05) is 24.8 Å². The van der Waals surface area contributed by atoms with Gasteiger partial charge >= 0.3 is 0 Å². The third-order valence-corrected chi connectivity index (χ3v) is 4.36. The second kappa shape index (κ2) is 5.53. The number of rotatable bonds is 4. The maximum Gasteiger partial charge on any atom is 0.191 e. The van der Waals surface area contributed by atoms with Gasteiger partial charge in [0, 0.05) is 11.8 Å². The average molecular weight is 237 g/mol. The van der Waals surface area contributed by atoms with E-state index in [2.05, 4.69) is 21.3 Å². The fourth-order valence-electron chi connectivity index (χ4n) is 2.12. The molecule has 1 aromatic heterocycles. The molecule has 1 fully saturated rings. The maximum atomic E-state index is 4.26. The number of nitrogens with zero attached hydrogens (tertiary/aromatic N) is 3. The van der Waals surface area contributed by atoms with E-state index in [0.717, 1.165) is 22.8 Å². The Morgan fingerprint density at radius 1 is 1.38 bits per heavy atom. The van der Waals surface area contributed by atoms with Crippen molar-refractivity contribution in [3.63, 3.8) is 0 Å². The van der Waals surface area contributed by atoms with Crippen molar-refractivity contribution in [2.75, 3.05) is 0 Å². The van der Waals surface area contributed by atoms with Gasteiger partial charge in [0.05, 0.1) is 0 Å². The van der Waals surface area contributed by atoms with Gasteiger partial charge in [0.2, 0.25) is 0 Å². The van der Waals surface area contributed by atoms with Gasteiger partial charge in [-0.2, -0.15) is 0 Å². The highest BCUT2D eigenvalue weighted by atomic mass is 32.2. The summed E-state index contributed by atoms with van der Waals surface area (Å²) in [6.45, 7) is 6.59. The normalized spacial score (nSPS) is 17.6. The fourth-order valence-corrected chi connectivity index (χ4v) is 3.41. The van der Waals surface area contributed by atoms with Gasteiger partial charge in [-0.05, 0) is 19.8 Å². The summed E-state index contributed by atoms with van der Waals surface area (Å²) in [7, 11) is 0. The van der Waals surface area contributed by atoms with Crippen LogP contribution in [0.25, 0.3) is 0 Å². The molecule has 1 aliphatic carbocycles. The van der Waals surface area contributed by atoms with E-state index in [1.165, 1.54) is 32.1 Å². The minimum atomic E-state index is 0.737. The number of thioether (sulfide) groups is 1. The molecule has 1 aliphatic rings. The quantitative estimate of drug-likeness (QED) is 0.753. The molecular formula is C12H19N3S. The first-order chi connectivity index (χ1) is 7.81. The molecule has 4 heteroatoms. The van der Waals surface area contributed by atoms with Crippen LogP contribution in [0.3, 0.4) is 0 Å². The van der Waals surface area contributed by atoms with Crippen molar-refractivity contribution in [2.45, 2.75) is 56.0 Å². The Labute approximate surface area is 101 Å². The SMILES string of the molecule is C=CCn1c(C)nnc1SC1CCCCC1. The van der Waals surface area contributed by atoms with E-state index in [4.69, 9.17) is 0 Å². The van der Waals surface area contributed by atoms with Crippen LogP contribution in [0.15, 0.2) is 17.8 Å². The van der Waals surface area contributed by atoms with Crippen LogP contribution in [-0.4, -0.2) is 20.0 Å². The molecule has 2 rings (SSSR count). The molecule has 0 N–H and O–H groups in total. The third-order valence-electron chi connectivity index (χ3n) is 3.04. The van der Waals surface area contributed by atoms with Gasteiger partial charge in [0.1, 0.15) is 5.82 Å². The fraction of sp³-hybridized carbons (Fsp3) is 0.667. The minimum Gasteiger partial charge on any atom is -0.302 e. The monoisotopic (exact) mass is 237 g/mol. The van der Waals surface area contributed by atoms with Gasteiger partial charge in [0.15, 0.2) is 5.16 Å².